The normalized spacial score (nSPS) is 12.4. The number of carbonyl (C=O) groups is 1. The van der Waals surface area contributed by atoms with Crippen LogP contribution in [0, 0.1) is 6.92 Å². The maximum absolute atomic E-state index is 12.4. The molecule has 1 aromatic carbocycles. The van der Waals surface area contributed by atoms with Gasteiger partial charge in [0.2, 0.25) is 12.7 Å². The Bertz CT molecular complexity index is 901. The van der Waals surface area contributed by atoms with Gasteiger partial charge in [0.25, 0.3) is 0 Å². The lowest BCUT2D eigenvalue weighted by Gasteiger charge is -2.06. The molecule has 0 aliphatic carbocycles. The Morgan fingerprint density at radius 3 is 2.96 bits per heavy atom. The molecule has 0 spiro atoms. The topological polar surface area (TPSA) is 60.5 Å². The first-order chi connectivity index (χ1) is 11.7. The van der Waals surface area contributed by atoms with Crippen LogP contribution in [0.2, 0.25) is 0 Å². The molecule has 1 N–H and O–H groups in total. The minimum Gasteiger partial charge on any atom is -0.454 e. The largest absolute Gasteiger partial charge is 0.454 e. The standard InChI is InChI=1S/C17H14N2O3S2/c1-10-8-24-16(18-10)12-4-5-23-17(12)19-15(20)7-11-2-3-13-14(6-11)22-9-21-13/h2-6,8H,7,9H2,1H3,(H,19,20). The van der Waals surface area contributed by atoms with Gasteiger partial charge in [-0.1, -0.05) is 6.07 Å². The number of aryl methyl sites for hydroxylation is 1. The number of hydrogen-bond acceptors (Lipinski definition) is 6. The highest BCUT2D eigenvalue weighted by atomic mass is 32.1. The lowest BCUT2D eigenvalue weighted by atomic mass is 10.1. The molecule has 0 atom stereocenters. The van der Waals surface area contributed by atoms with E-state index < -0.39 is 0 Å². The summed E-state index contributed by atoms with van der Waals surface area (Å²) in [6.07, 6.45) is 0.283. The molecule has 24 heavy (non-hydrogen) atoms. The second-order valence-corrected chi connectivity index (χ2v) is 7.14. The summed E-state index contributed by atoms with van der Waals surface area (Å²) in [4.78, 5) is 16.9. The fraction of sp³-hybridized carbons (Fsp3) is 0.176. The molecule has 3 aromatic rings. The number of amides is 1. The second-order valence-electron chi connectivity index (χ2n) is 5.37. The zero-order valence-electron chi connectivity index (χ0n) is 12.9. The lowest BCUT2D eigenvalue weighted by Crippen LogP contribution is -2.14. The Kier molecular flexibility index (Phi) is 3.95. The van der Waals surface area contributed by atoms with E-state index in [0.717, 1.165) is 32.6 Å². The summed E-state index contributed by atoms with van der Waals surface area (Å²) in [6, 6.07) is 7.55. The molecule has 0 saturated carbocycles. The van der Waals surface area contributed by atoms with Crippen molar-refractivity contribution in [2.24, 2.45) is 0 Å². The molecule has 122 valence electrons. The smallest absolute Gasteiger partial charge is 0.231 e. The van der Waals surface area contributed by atoms with Crippen molar-refractivity contribution in [3.8, 4) is 22.1 Å². The molecule has 0 saturated heterocycles. The van der Waals surface area contributed by atoms with Crippen LogP contribution < -0.4 is 14.8 Å². The quantitative estimate of drug-likeness (QED) is 0.763. The van der Waals surface area contributed by atoms with Crippen molar-refractivity contribution in [1.82, 2.24) is 4.98 Å². The molecule has 3 heterocycles. The summed E-state index contributed by atoms with van der Waals surface area (Å²) in [6.45, 7) is 2.20. The average molecular weight is 358 g/mol. The summed E-state index contributed by atoms with van der Waals surface area (Å²) >= 11 is 3.08. The van der Waals surface area contributed by atoms with Gasteiger partial charge in [-0.25, -0.2) is 4.98 Å². The van der Waals surface area contributed by atoms with E-state index >= 15 is 0 Å². The fourth-order valence-corrected chi connectivity index (χ4v) is 4.16. The Labute approximate surface area is 146 Å². The van der Waals surface area contributed by atoms with Crippen LogP contribution in [0.5, 0.6) is 11.5 Å². The maximum Gasteiger partial charge on any atom is 0.231 e. The zero-order chi connectivity index (χ0) is 16.5. The SMILES string of the molecule is Cc1csc(-c2ccsc2NC(=O)Cc2ccc3c(c2)OCO3)n1. The number of thiazole rings is 1. The number of hydrogen-bond donors (Lipinski definition) is 1. The number of nitrogens with zero attached hydrogens (tertiary/aromatic N) is 1. The highest BCUT2D eigenvalue weighted by molar-refractivity contribution is 7.17. The summed E-state index contributed by atoms with van der Waals surface area (Å²) < 4.78 is 10.6. The van der Waals surface area contributed by atoms with Gasteiger partial charge in [0.1, 0.15) is 10.0 Å². The van der Waals surface area contributed by atoms with E-state index in [-0.39, 0.29) is 19.1 Å². The monoisotopic (exact) mass is 358 g/mol. The van der Waals surface area contributed by atoms with Gasteiger partial charge in [-0.2, -0.15) is 0 Å². The molecular formula is C17H14N2O3S2. The van der Waals surface area contributed by atoms with E-state index in [1.807, 2.05) is 41.9 Å². The predicted octanol–water partition coefficient (Wildman–Crippen LogP) is 4.09. The third-order valence-electron chi connectivity index (χ3n) is 3.57. The third kappa shape index (κ3) is 3.00. The second kappa shape index (κ2) is 6.26. The fourth-order valence-electron chi connectivity index (χ4n) is 2.46. The van der Waals surface area contributed by atoms with Gasteiger partial charge in [-0.3, -0.25) is 4.79 Å². The number of thiophene rings is 1. The van der Waals surface area contributed by atoms with E-state index in [2.05, 4.69) is 10.3 Å². The van der Waals surface area contributed by atoms with Crippen molar-refractivity contribution in [3.63, 3.8) is 0 Å². The molecule has 0 unspecified atom stereocenters. The molecule has 1 aliphatic rings. The molecule has 1 amide bonds. The number of anilines is 1. The summed E-state index contributed by atoms with van der Waals surface area (Å²) in [5, 5.41) is 8.71. The summed E-state index contributed by atoms with van der Waals surface area (Å²) in [7, 11) is 0. The highest BCUT2D eigenvalue weighted by Crippen LogP contribution is 2.35. The van der Waals surface area contributed by atoms with E-state index in [1.54, 1.807) is 11.3 Å². The molecule has 5 nitrogen and oxygen atoms in total. The Morgan fingerprint density at radius 2 is 2.12 bits per heavy atom. The molecule has 0 fully saturated rings. The first kappa shape index (κ1) is 15.2. The number of carbonyl (C=O) groups excluding carboxylic acids is 1. The van der Waals surface area contributed by atoms with Crippen molar-refractivity contribution in [1.29, 1.82) is 0 Å². The predicted molar refractivity (Wildman–Crippen MR) is 95.1 cm³/mol. The number of nitrogens with one attached hydrogen (secondary N) is 1. The first-order valence-corrected chi connectivity index (χ1v) is 9.13. The Morgan fingerprint density at radius 1 is 1.25 bits per heavy atom. The van der Waals surface area contributed by atoms with Gasteiger partial charge in [0.15, 0.2) is 11.5 Å². The van der Waals surface area contributed by atoms with Crippen LogP contribution in [0.1, 0.15) is 11.3 Å². The van der Waals surface area contributed by atoms with Gasteiger partial charge in [-0.05, 0) is 36.1 Å². The van der Waals surface area contributed by atoms with Crippen molar-refractivity contribution >= 4 is 33.6 Å². The Hall–Kier alpha value is -2.38. The van der Waals surface area contributed by atoms with Crippen molar-refractivity contribution in [2.45, 2.75) is 13.3 Å². The molecule has 7 heteroatoms. The van der Waals surface area contributed by atoms with Crippen molar-refractivity contribution in [3.05, 3.63) is 46.3 Å². The summed E-state index contributed by atoms with van der Waals surface area (Å²) in [5.74, 6) is 1.35. The van der Waals surface area contributed by atoms with E-state index in [4.69, 9.17) is 9.47 Å². The lowest BCUT2D eigenvalue weighted by molar-refractivity contribution is -0.115. The molecule has 0 bridgehead atoms. The maximum atomic E-state index is 12.4. The number of aromatic nitrogens is 1. The van der Waals surface area contributed by atoms with Crippen LogP contribution in [0.25, 0.3) is 10.6 Å². The van der Waals surface area contributed by atoms with Crippen molar-refractivity contribution < 1.29 is 14.3 Å². The van der Waals surface area contributed by atoms with Crippen LogP contribution in [-0.4, -0.2) is 17.7 Å². The zero-order valence-corrected chi connectivity index (χ0v) is 14.5. The first-order valence-electron chi connectivity index (χ1n) is 7.37. The van der Waals surface area contributed by atoms with Crippen LogP contribution in [0.3, 0.4) is 0 Å². The summed E-state index contributed by atoms with van der Waals surface area (Å²) in [5.41, 5.74) is 2.84. The van der Waals surface area contributed by atoms with Gasteiger partial charge < -0.3 is 14.8 Å². The molecular weight excluding hydrogens is 344 g/mol. The van der Waals surface area contributed by atoms with Gasteiger partial charge in [0.05, 0.1) is 6.42 Å². The minimum absolute atomic E-state index is 0.0640. The van der Waals surface area contributed by atoms with Gasteiger partial charge in [0, 0.05) is 16.6 Å². The minimum atomic E-state index is -0.0640. The van der Waals surface area contributed by atoms with Gasteiger partial charge in [-0.15, -0.1) is 22.7 Å². The number of fused-ring (bicyclic) bond motifs is 1. The average Bonchev–Trinajstić information content (AvgIpc) is 3.27. The highest BCUT2D eigenvalue weighted by Gasteiger charge is 2.16. The number of benzene rings is 1. The number of rotatable bonds is 4. The number of ether oxygens (including phenoxy) is 2. The van der Waals surface area contributed by atoms with E-state index in [0.29, 0.717) is 5.75 Å². The molecule has 2 aromatic heterocycles. The van der Waals surface area contributed by atoms with E-state index in [9.17, 15) is 4.79 Å². The molecule has 4 rings (SSSR count). The van der Waals surface area contributed by atoms with Crippen LogP contribution >= 0.6 is 22.7 Å². The Balaban J connectivity index is 1.48. The van der Waals surface area contributed by atoms with Crippen LogP contribution in [0.4, 0.5) is 5.00 Å². The van der Waals surface area contributed by atoms with Crippen LogP contribution in [-0.2, 0) is 11.2 Å². The molecule has 0 radical (unpaired) electrons. The van der Waals surface area contributed by atoms with Crippen molar-refractivity contribution in [2.75, 3.05) is 12.1 Å². The van der Waals surface area contributed by atoms with E-state index in [1.165, 1.54) is 11.3 Å². The molecule has 1 aliphatic heterocycles. The van der Waals surface area contributed by atoms with Gasteiger partial charge >= 0.3 is 0 Å². The third-order valence-corrected chi connectivity index (χ3v) is 5.39. The van der Waals surface area contributed by atoms with Crippen LogP contribution in [0.15, 0.2) is 35.0 Å².